The van der Waals surface area contributed by atoms with Gasteiger partial charge < -0.3 is 10.1 Å². The molecule has 1 aliphatic heterocycles. The summed E-state index contributed by atoms with van der Waals surface area (Å²) in [5.74, 6) is 0.724. The average Bonchev–Trinajstić information content (AvgIpc) is 3.05. The van der Waals surface area contributed by atoms with Crippen molar-refractivity contribution in [2.45, 2.75) is 51.8 Å². The third-order valence-corrected chi connectivity index (χ3v) is 4.02. The Balaban J connectivity index is 1.43. The van der Waals surface area contributed by atoms with Crippen LogP contribution in [0.15, 0.2) is 24.7 Å². The third kappa shape index (κ3) is 4.61. The van der Waals surface area contributed by atoms with Crippen molar-refractivity contribution < 1.29 is 9.53 Å². The number of hydrogen-bond acceptors (Lipinski definition) is 5. The van der Waals surface area contributed by atoms with E-state index in [1.807, 2.05) is 19.2 Å². The predicted octanol–water partition coefficient (Wildman–Crippen LogP) is 1.93. The average molecular weight is 329 g/mol. The fraction of sp³-hybridized carbons (Fsp3) is 0.529. The summed E-state index contributed by atoms with van der Waals surface area (Å²) in [6.45, 7) is 3.72. The number of aryl methyl sites for hydroxylation is 2. The number of amides is 1. The fourth-order valence-electron chi connectivity index (χ4n) is 2.66. The van der Waals surface area contributed by atoms with Crippen molar-refractivity contribution >= 4 is 5.91 Å². The first-order valence-electron chi connectivity index (χ1n) is 8.40. The SMILES string of the molecule is Cc1ccn(CCC(=O)NCc2cnc(C3CCCCO3)nc2)n1. The smallest absolute Gasteiger partial charge is 0.222 e. The zero-order valence-corrected chi connectivity index (χ0v) is 13.9. The molecule has 7 nitrogen and oxygen atoms in total. The van der Waals surface area contributed by atoms with E-state index in [1.165, 1.54) is 0 Å². The standard InChI is InChI=1S/C17H23N5O2/c1-13-5-7-22(21-13)8-6-16(23)18-10-14-11-19-17(20-12-14)15-4-2-3-9-24-15/h5,7,11-12,15H,2-4,6,8-10H2,1H3,(H,18,23). The lowest BCUT2D eigenvalue weighted by Gasteiger charge is -2.21. The Morgan fingerprint density at radius 2 is 2.21 bits per heavy atom. The van der Waals surface area contributed by atoms with Gasteiger partial charge in [0.1, 0.15) is 6.10 Å². The van der Waals surface area contributed by atoms with Gasteiger partial charge in [-0.05, 0) is 32.3 Å². The van der Waals surface area contributed by atoms with Crippen LogP contribution in [0.25, 0.3) is 0 Å². The number of hydrogen-bond donors (Lipinski definition) is 1. The molecule has 2 aromatic heterocycles. The lowest BCUT2D eigenvalue weighted by Crippen LogP contribution is -2.24. The molecule has 7 heteroatoms. The molecule has 1 N–H and O–H groups in total. The van der Waals surface area contributed by atoms with Gasteiger partial charge in [0.25, 0.3) is 0 Å². The van der Waals surface area contributed by atoms with Gasteiger partial charge in [-0.3, -0.25) is 9.48 Å². The molecule has 0 bridgehead atoms. The zero-order chi connectivity index (χ0) is 16.8. The molecule has 1 fully saturated rings. The van der Waals surface area contributed by atoms with Crippen LogP contribution < -0.4 is 5.32 Å². The van der Waals surface area contributed by atoms with Crippen molar-refractivity contribution in [2.24, 2.45) is 0 Å². The molecule has 1 amide bonds. The molecule has 0 saturated carbocycles. The van der Waals surface area contributed by atoms with Gasteiger partial charge in [0, 0.05) is 50.3 Å². The maximum absolute atomic E-state index is 11.9. The van der Waals surface area contributed by atoms with Crippen LogP contribution in [0.4, 0.5) is 0 Å². The minimum Gasteiger partial charge on any atom is -0.370 e. The van der Waals surface area contributed by atoms with Gasteiger partial charge in [-0.15, -0.1) is 0 Å². The monoisotopic (exact) mass is 329 g/mol. The Morgan fingerprint density at radius 3 is 2.88 bits per heavy atom. The number of aromatic nitrogens is 4. The van der Waals surface area contributed by atoms with Crippen molar-refractivity contribution in [3.05, 3.63) is 41.7 Å². The van der Waals surface area contributed by atoms with E-state index in [0.717, 1.165) is 43.0 Å². The highest BCUT2D eigenvalue weighted by Gasteiger charge is 2.18. The Hall–Kier alpha value is -2.28. The summed E-state index contributed by atoms with van der Waals surface area (Å²) >= 11 is 0. The number of carbonyl (C=O) groups excluding carboxylic acids is 1. The van der Waals surface area contributed by atoms with Crippen LogP contribution >= 0.6 is 0 Å². The van der Waals surface area contributed by atoms with Gasteiger partial charge >= 0.3 is 0 Å². The molecular formula is C17H23N5O2. The second kappa shape index (κ2) is 8.01. The van der Waals surface area contributed by atoms with Crippen molar-refractivity contribution in [2.75, 3.05) is 6.61 Å². The number of nitrogens with one attached hydrogen (secondary N) is 1. The second-order valence-electron chi connectivity index (χ2n) is 6.05. The summed E-state index contributed by atoms with van der Waals surface area (Å²) in [5.41, 5.74) is 1.84. The first kappa shape index (κ1) is 16.6. The molecule has 1 unspecified atom stereocenters. The summed E-state index contributed by atoms with van der Waals surface area (Å²) in [5, 5.41) is 7.14. The minimum atomic E-state index is -0.0113. The summed E-state index contributed by atoms with van der Waals surface area (Å²) in [4.78, 5) is 20.6. The van der Waals surface area contributed by atoms with Gasteiger partial charge in [0.05, 0.1) is 5.69 Å². The molecule has 1 aliphatic rings. The van der Waals surface area contributed by atoms with E-state index in [-0.39, 0.29) is 12.0 Å². The highest BCUT2D eigenvalue weighted by Crippen LogP contribution is 2.24. The summed E-state index contributed by atoms with van der Waals surface area (Å²) in [6.07, 6.45) is 9.05. The number of ether oxygens (including phenoxy) is 1. The van der Waals surface area contributed by atoms with Crippen molar-refractivity contribution in [1.82, 2.24) is 25.1 Å². The lowest BCUT2D eigenvalue weighted by atomic mass is 10.1. The highest BCUT2D eigenvalue weighted by atomic mass is 16.5. The topological polar surface area (TPSA) is 81.9 Å². The van der Waals surface area contributed by atoms with Crippen molar-refractivity contribution in [3.8, 4) is 0 Å². The van der Waals surface area contributed by atoms with Gasteiger partial charge in [-0.2, -0.15) is 5.10 Å². The second-order valence-corrected chi connectivity index (χ2v) is 6.05. The molecule has 0 aliphatic carbocycles. The van der Waals surface area contributed by atoms with E-state index in [1.54, 1.807) is 17.1 Å². The van der Waals surface area contributed by atoms with Crippen LogP contribution in [0.2, 0.25) is 0 Å². The number of nitrogens with zero attached hydrogens (tertiary/aromatic N) is 4. The molecule has 0 aromatic carbocycles. The Morgan fingerprint density at radius 1 is 1.38 bits per heavy atom. The molecule has 1 atom stereocenters. The number of rotatable bonds is 6. The molecule has 3 rings (SSSR count). The largest absolute Gasteiger partial charge is 0.370 e. The maximum Gasteiger partial charge on any atom is 0.222 e. The van der Waals surface area contributed by atoms with Crippen LogP contribution in [-0.4, -0.2) is 32.3 Å². The summed E-state index contributed by atoms with van der Waals surface area (Å²) < 4.78 is 7.45. The van der Waals surface area contributed by atoms with E-state index < -0.39 is 0 Å². The zero-order valence-electron chi connectivity index (χ0n) is 13.9. The summed E-state index contributed by atoms with van der Waals surface area (Å²) in [6, 6.07) is 1.92. The van der Waals surface area contributed by atoms with Crippen molar-refractivity contribution in [1.29, 1.82) is 0 Å². The van der Waals surface area contributed by atoms with Crippen LogP contribution in [0.1, 0.15) is 48.9 Å². The van der Waals surface area contributed by atoms with Gasteiger partial charge in [0.15, 0.2) is 5.82 Å². The Bertz CT molecular complexity index is 662. The molecule has 0 spiro atoms. The van der Waals surface area contributed by atoms with E-state index in [2.05, 4.69) is 20.4 Å². The van der Waals surface area contributed by atoms with Crippen LogP contribution in [0, 0.1) is 6.92 Å². The number of carbonyl (C=O) groups is 1. The normalized spacial score (nSPS) is 17.6. The van der Waals surface area contributed by atoms with Crippen LogP contribution in [0.5, 0.6) is 0 Å². The molecule has 2 aromatic rings. The lowest BCUT2D eigenvalue weighted by molar-refractivity contribution is -0.121. The quantitative estimate of drug-likeness (QED) is 0.876. The van der Waals surface area contributed by atoms with Crippen LogP contribution in [-0.2, 0) is 22.6 Å². The maximum atomic E-state index is 11.9. The summed E-state index contributed by atoms with van der Waals surface area (Å²) in [7, 11) is 0. The molecule has 128 valence electrons. The van der Waals surface area contributed by atoms with Gasteiger partial charge in [-0.25, -0.2) is 9.97 Å². The molecular weight excluding hydrogens is 306 g/mol. The molecule has 24 heavy (non-hydrogen) atoms. The van der Waals surface area contributed by atoms with E-state index >= 15 is 0 Å². The highest BCUT2D eigenvalue weighted by molar-refractivity contribution is 5.75. The van der Waals surface area contributed by atoms with E-state index in [0.29, 0.717) is 19.5 Å². The molecule has 1 saturated heterocycles. The van der Waals surface area contributed by atoms with E-state index in [4.69, 9.17) is 4.74 Å². The van der Waals surface area contributed by atoms with Crippen molar-refractivity contribution in [3.63, 3.8) is 0 Å². The third-order valence-electron chi connectivity index (χ3n) is 4.02. The van der Waals surface area contributed by atoms with E-state index in [9.17, 15) is 4.79 Å². The molecule has 0 radical (unpaired) electrons. The Labute approximate surface area is 141 Å². The van der Waals surface area contributed by atoms with Gasteiger partial charge in [-0.1, -0.05) is 0 Å². The first-order chi connectivity index (χ1) is 11.7. The molecule has 3 heterocycles. The fourth-order valence-corrected chi connectivity index (χ4v) is 2.66. The first-order valence-corrected chi connectivity index (χ1v) is 8.40. The van der Waals surface area contributed by atoms with Crippen LogP contribution in [0.3, 0.4) is 0 Å². The minimum absolute atomic E-state index is 0.0113. The predicted molar refractivity (Wildman–Crippen MR) is 88.0 cm³/mol. The Kier molecular flexibility index (Phi) is 5.53. The van der Waals surface area contributed by atoms with Gasteiger partial charge in [0.2, 0.25) is 5.91 Å².